The molecule has 0 saturated carbocycles. The van der Waals surface area contributed by atoms with Crippen molar-refractivity contribution in [3.8, 4) is 0 Å². The molecule has 27 heavy (non-hydrogen) atoms. The largest absolute Gasteiger partial charge is 0.478 e. The zero-order valence-electron chi connectivity index (χ0n) is 13.9. The van der Waals surface area contributed by atoms with Crippen molar-refractivity contribution in [3.63, 3.8) is 0 Å². The molecule has 0 bridgehead atoms. The van der Waals surface area contributed by atoms with Gasteiger partial charge in [0.15, 0.2) is 9.84 Å². The Morgan fingerprint density at radius 3 is 2.37 bits per heavy atom. The lowest BCUT2D eigenvalue weighted by atomic mass is 10.3. The third-order valence-corrected chi connectivity index (χ3v) is 4.55. The van der Waals surface area contributed by atoms with Gasteiger partial charge in [-0.2, -0.15) is 0 Å². The number of fused-ring (bicyclic) bond motifs is 1. The third kappa shape index (κ3) is 4.33. The number of aromatic nitrogens is 1. The number of aliphatic carboxylic acids is 1. The molecule has 0 aromatic carbocycles. The van der Waals surface area contributed by atoms with E-state index in [0.29, 0.717) is 11.6 Å². The number of primary amides is 1. The molecule has 0 radical (unpaired) electrons. The van der Waals surface area contributed by atoms with Gasteiger partial charge in [0.2, 0.25) is 5.91 Å². The Morgan fingerprint density at radius 1 is 1.19 bits per heavy atom. The highest BCUT2D eigenvalue weighted by atomic mass is 32.2. The Kier molecular flexibility index (Phi) is 5.36. The van der Waals surface area contributed by atoms with Crippen molar-refractivity contribution in [2.45, 2.75) is 0 Å². The fraction of sp³-hybridized carbons (Fsp3) is 0.0625. The zero-order chi connectivity index (χ0) is 20.4. The van der Waals surface area contributed by atoms with E-state index in [1.54, 1.807) is 18.2 Å². The summed E-state index contributed by atoms with van der Waals surface area (Å²) in [5.74, 6) is -4.17. The molecule has 5 N–H and O–H groups in total. The van der Waals surface area contributed by atoms with Gasteiger partial charge in [0.25, 0.3) is 0 Å². The van der Waals surface area contributed by atoms with Gasteiger partial charge < -0.3 is 25.7 Å². The number of nitrogens with one attached hydrogen (secondary N) is 1. The van der Waals surface area contributed by atoms with Crippen LogP contribution in [0.5, 0.6) is 0 Å². The molecule has 0 aliphatic rings. The number of carboxylic acids is 2. The molecule has 2 aromatic rings. The van der Waals surface area contributed by atoms with E-state index in [9.17, 15) is 33.0 Å². The molecule has 0 aliphatic carbocycles. The first-order valence-corrected chi connectivity index (χ1v) is 9.17. The number of carboxylic acid groups (broad SMARTS) is 2. The molecule has 0 unspecified atom stereocenters. The molecule has 0 fully saturated rings. The highest BCUT2D eigenvalue weighted by molar-refractivity contribution is 7.94. The van der Waals surface area contributed by atoms with Crippen molar-refractivity contribution in [2.75, 3.05) is 11.6 Å². The molecule has 1 amide bonds. The van der Waals surface area contributed by atoms with Crippen LogP contribution in [0.1, 0.15) is 10.4 Å². The minimum absolute atomic E-state index is 0.163. The van der Waals surface area contributed by atoms with E-state index in [4.69, 9.17) is 5.73 Å². The van der Waals surface area contributed by atoms with Crippen LogP contribution in [0.15, 0.2) is 53.2 Å². The van der Waals surface area contributed by atoms with Crippen molar-refractivity contribution < 1.29 is 33.0 Å². The predicted molar refractivity (Wildman–Crippen MR) is 95.8 cm³/mol. The van der Waals surface area contributed by atoms with Gasteiger partial charge in [0.1, 0.15) is 17.1 Å². The van der Waals surface area contributed by atoms with Crippen molar-refractivity contribution in [3.05, 3.63) is 58.8 Å². The van der Waals surface area contributed by atoms with Crippen LogP contribution in [-0.2, 0) is 19.4 Å². The van der Waals surface area contributed by atoms with Crippen LogP contribution in [0.3, 0.4) is 0 Å². The summed E-state index contributed by atoms with van der Waals surface area (Å²) in [5.41, 5.74) is 4.28. The second-order valence-corrected chi connectivity index (χ2v) is 7.37. The summed E-state index contributed by atoms with van der Waals surface area (Å²) >= 11 is 0. The van der Waals surface area contributed by atoms with E-state index < -0.39 is 38.3 Å². The maximum absolute atomic E-state index is 12.0. The molecular formula is C16H15N3O7S. The van der Waals surface area contributed by atoms with E-state index >= 15 is 0 Å². The van der Waals surface area contributed by atoms with Crippen LogP contribution in [0.2, 0.25) is 0 Å². The summed E-state index contributed by atoms with van der Waals surface area (Å²) in [4.78, 5) is 33.4. The highest BCUT2D eigenvalue weighted by Gasteiger charge is 2.25. The molecule has 0 atom stereocenters. The number of rotatable bonds is 7. The number of hydrogen-bond acceptors (Lipinski definition) is 6. The quantitative estimate of drug-likeness (QED) is 0.388. The van der Waals surface area contributed by atoms with Gasteiger partial charge in [-0.15, -0.1) is 0 Å². The van der Waals surface area contributed by atoms with E-state index in [-0.39, 0.29) is 11.4 Å². The molecule has 11 heteroatoms. The topological polar surface area (TPSA) is 168 Å². The number of allylic oxidation sites excluding steroid dienone is 1. The summed E-state index contributed by atoms with van der Waals surface area (Å²) in [6, 6.07) is 6.12. The van der Waals surface area contributed by atoms with Crippen LogP contribution in [0.4, 0.5) is 5.82 Å². The Morgan fingerprint density at radius 2 is 1.85 bits per heavy atom. The van der Waals surface area contributed by atoms with Crippen molar-refractivity contribution in [2.24, 2.45) is 5.73 Å². The second-order valence-electron chi connectivity index (χ2n) is 5.38. The first-order valence-electron chi connectivity index (χ1n) is 7.28. The number of amides is 1. The number of carbonyl (C=O) groups excluding carboxylic acids is 1. The maximum atomic E-state index is 12.0. The minimum Gasteiger partial charge on any atom is -0.478 e. The summed E-state index contributed by atoms with van der Waals surface area (Å²) in [6.07, 6.45) is 3.65. The van der Waals surface area contributed by atoms with E-state index in [0.717, 1.165) is 12.3 Å². The maximum Gasteiger partial charge on any atom is 0.353 e. The summed E-state index contributed by atoms with van der Waals surface area (Å²) in [6.45, 7) is 0. The van der Waals surface area contributed by atoms with Gasteiger partial charge >= 0.3 is 11.9 Å². The van der Waals surface area contributed by atoms with Gasteiger partial charge in [-0.1, -0.05) is 6.07 Å². The Labute approximate surface area is 153 Å². The number of nitrogens with two attached hydrogens (primary N) is 1. The van der Waals surface area contributed by atoms with Gasteiger partial charge in [-0.05, 0) is 24.3 Å². The molecule has 2 rings (SSSR count). The molecule has 0 saturated heterocycles. The SMILES string of the molecule is CS(=O)(=O)C(/C=C/C(N)=O)=C(\Nc1c(C(=O)O)cc2ccccn12)C(=O)O. The van der Waals surface area contributed by atoms with Crippen molar-refractivity contribution >= 4 is 39.0 Å². The van der Waals surface area contributed by atoms with Crippen LogP contribution in [-0.4, -0.2) is 47.1 Å². The first-order chi connectivity index (χ1) is 12.5. The Hall–Kier alpha value is -3.60. The third-order valence-electron chi connectivity index (χ3n) is 3.41. The summed E-state index contributed by atoms with van der Waals surface area (Å²) < 4.78 is 25.4. The number of carbonyl (C=O) groups is 3. The van der Waals surface area contributed by atoms with Gasteiger partial charge in [0, 0.05) is 24.0 Å². The van der Waals surface area contributed by atoms with E-state index in [1.807, 2.05) is 0 Å². The van der Waals surface area contributed by atoms with Gasteiger partial charge in [0.05, 0.1) is 4.91 Å². The smallest absolute Gasteiger partial charge is 0.353 e. The molecule has 10 nitrogen and oxygen atoms in total. The number of nitrogens with zero attached hydrogens (tertiary/aromatic N) is 1. The summed E-state index contributed by atoms with van der Waals surface area (Å²) in [5, 5.41) is 21.2. The molecule has 142 valence electrons. The zero-order valence-corrected chi connectivity index (χ0v) is 14.7. The average molecular weight is 393 g/mol. The number of aromatic carboxylic acids is 1. The second kappa shape index (κ2) is 7.33. The standard InChI is InChI=1S/C16H15N3O7S/c1-27(25,26)11(5-6-12(17)20)13(16(23)24)18-14-10(15(21)22)8-9-4-2-3-7-19(9)14/h2-8,18H,1H3,(H2,17,20)(H,21,22)(H,23,24)/b6-5+,13-11-. The van der Waals surface area contributed by atoms with Crippen LogP contribution in [0.25, 0.3) is 5.52 Å². The Bertz CT molecular complexity index is 1110. The van der Waals surface area contributed by atoms with Crippen molar-refractivity contribution in [1.82, 2.24) is 4.40 Å². The van der Waals surface area contributed by atoms with E-state index in [1.165, 1.54) is 16.7 Å². The fourth-order valence-corrected chi connectivity index (χ4v) is 3.13. The van der Waals surface area contributed by atoms with Gasteiger partial charge in [-0.3, -0.25) is 4.79 Å². The molecule has 2 aromatic heterocycles. The predicted octanol–water partition coefficient (Wildman–Crippen LogP) is 0.432. The van der Waals surface area contributed by atoms with Crippen molar-refractivity contribution in [1.29, 1.82) is 0 Å². The van der Waals surface area contributed by atoms with Gasteiger partial charge in [-0.25, -0.2) is 18.0 Å². The fourth-order valence-electron chi connectivity index (χ4n) is 2.30. The monoisotopic (exact) mass is 393 g/mol. The van der Waals surface area contributed by atoms with Crippen LogP contribution in [0, 0.1) is 0 Å². The first kappa shape index (κ1) is 19.7. The lowest BCUT2D eigenvalue weighted by Crippen LogP contribution is -2.19. The molecule has 0 spiro atoms. The lowest BCUT2D eigenvalue weighted by molar-refractivity contribution is -0.132. The average Bonchev–Trinajstić information content (AvgIpc) is 2.91. The minimum atomic E-state index is -4.11. The number of sulfone groups is 1. The number of pyridine rings is 1. The normalized spacial score (nSPS) is 12.8. The highest BCUT2D eigenvalue weighted by Crippen LogP contribution is 2.25. The number of hydrogen-bond donors (Lipinski definition) is 4. The van der Waals surface area contributed by atoms with Crippen LogP contribution < -0.4 is 11.1 Å². The molecular weight excluding hydrogens is 378 g/mol. The lowest BCUT2D eigenvalue weighted by Gasteiger charge is -2.12. The Balaban J connectivity index is 2.78. The summed E-state index contributed by atoms with van der Waals surface area (Å²) in [7, 11) is -4.11. The molecule has 2 heterocycles. The van der Waals surface area contributed by atoms with Crippen LogP contribution >= 0.6 is 0 Å². The number of anilines is 1. The molecule has 0 aliphatic heterocycles. The van der Waals surface area contributed by atoms with E-state index in [2.05, 4.69) is 5.32 Å².